The lowest BCUT2D eigenvalue weighted by Gasteiger charge is -2.33. The molecule has 134 valence electrons. The fraction of sp³-hybridized carbons (Fsp3) is 0.632. The molecule has 1 saturated heterocycles. The standard InChI is InChI=1S/C19H27N5O/c25-19-17(13-18(21-22-19)24-9-3-8-20-24)12-15-6-10-23(11-7-15)14-16-4-1-2-5-16/h3,8-9,13,15-16H,1-2,4-7,10-12,14H2,(H,22,25). The second-order valence-corrected chi connectivity index (χ2v) is 7.63. The van der Waals surface area contributed by atoms with Gasteiger partial charge in [0.15, 0.2) is 5.82 Å². The Kier molecular flexibility index (Phi) is 4.97. The van der Waals surface area contributed by atoms with Crippen LogP contribution in [-0.2, 0) is 6.42 Å². The van der Waals surface area contributed by atoms with Gasteiger partial charge < -0.3 is 4.90 Å². The van der Waals surface area contributed by atoms with E-state index in [4.69, 9.17) is 0 Å². The van der Waals surface area contributed by atoms with Crippen molar-refractivity contribution in [3.8, 4) is 5.82 Å². The molecule has 6 nitrogen and oxygen atoms in total. The SMILES string of the molecule is O=c1[nH]nc(-n2cccn2)cc1CC1CCN(CC2CCCC2)CC1. The zero-order valence-electron chi connectivity index (χ0n) is 14.7. The van der Waals surface area contributed by atoms with Gasteiger partial charge in [0.1, 0.15) is 0 Å². The largest absolute Gasteiger partial charge is 0.303 e. The Bertz CT molecular complexity index is 725. The van der Waals surface area contributed by atoms with Crippen LogP contribution in [0.2, 0.25) is 0 Å². The van der Waals surface area contributed by atoms with Crippen LogP contribution in [0.25, 0.3) is 5.82 Å². The Morgan fingerprint density at radius 2 is 1.92 bits per heavy atom. The van der Waals surface area contributed by atoms with Gasteiger partial charge in [-0.15, -0.1) is 0 Å². The maximum Gasteiger partial charge on any atom is 0.267 e. The predicted molar refractivity (Wildman–Crippen MR) is 96.8 cm³/mol. The Hall–Kier alpha value is -1.95. The van der Waals surface area contributed by atoms with Crippen molar-refractivity contribution >= 4 is 0 Å². The van der Waals surface area contributed by atoms with Gasteiger partial charge in [-0.1, -0.05) is 12.8 Å². The molecular formula is C19H27N5O. The molecule has 0 atom stereocenters. The van der Waals surface area contributed by atoms with E-state index in [0.29, 0.717) is 11.7 Å². The number of rotatable bonds is 5. The van der Waals surface area contributed by atoms with E-state index in [1.807, 2.05) is 18.3 Å². The van der Waals surface area contributed by atoms with Crippen molar-refractivity contribution < 1.29 is 0 Å². The van der Waals surface area contributed by atoms with Crippen molar-refractivity contribution in [1.29, 1.82) is 0 Å². The number of aromatic amines is 1. The molecule has 0 unspecified atom stereocenters. The first-order valence-electron chi connectivity index (χ1n) is 9.59. The Morgan fingerprint density at radius 1 is 1.12 bits per heavy atom. The van der Waals surface area contributed by atoms with Gasteiger partial charge in [0, 0.05) is 24.5 Å². The lowest BCUT2D eigenvalue weighted by Crippen LogP contribution is -2.37. The fourth-order valence-corrected chi connectivity index (χ4v) is 4.35. The normalized spacial score (nSPS) is 20.3. The first kappa shape index (κ1) is 16.5. The van der Waals surface area contributed by atoms with E-state index in [9.17, 15) is 4.79 Å². The number of hydrogen-bond donors (Lipinski definition) is 1. The molecule has 0 spiro atoms. The molecule has 2 aromatic rings. The minimum atomic E-state index is -0.0655. The van der Waals surface area contributed by atoms with Crippen molar-refractivity contribution in [3.05, 3.63) is 40.4 Å². The second kappa shape index (κ2) is 7.52. The van der Waals surface area contributed by atoms with Crippen LogP contribution in [0.1, 0.15) is 44.1 Å². The average molecular weight is 341 g/mol. The fourth-order valence-electron chi connectivity index (χ4n) is 4.35. The van der Waals surface area contributed by atoms with E-state index < -0.39 is 0 Å². The van der Waals surface area contributed by atoms with E-state index in [2.05, 4.69) is 20.2 Å². The third-order valence-corrected chi connectivity index (χ3v) is 5.81. The van der Waals surface area contributed by atoms with Crippen LogP contribution in [0.3, 0.4) is 0 Å². The summed E-state index contributed by atoms with van der Waals surface area (Å²) in [5, 5.41) is 10.9. The quantitative estimate of drug-likeness (QED) is 0.907. The minimum absolute atomic E-state index is 0.0655. The summed E-state index contributed by atoms with van der Waals surface area (Å²) >= 11 is 0. The summed E-state index contributed by atoms with van der Waals surface area (Å²) in [4.78, 5) is 14.8. The summed E-state index contributed by atoms with van der Waals surface area (Å²) < 4.78 is 1.68. The molecule has 2 aromatic heterocycles. The molecule has 0 radical (unpaired) electrons. The molecule has 0 bridgehead atoms. The lowest BCUT2D eigenvalue weighted by atomic mass is 9.90. The van der Waals surface area contributed by atoms with Gasteiger partial charge in [-0.2, -0.15) is 10.2 Å². The lowest BCUT2D eigenvalue weighted by molar-refractivity contribution is 0.161. The van der Waals surface area contributed by atoms with Crippen molar-refractivity contribution in [3.63, 3.8) is 0 Å². The van der Waals surface area contributed by atoms with Gasteiger partial charge in [-0.25, -0.2) is 9.78 Å². The number of piperidine rings is 1. The maximum absolute atomic E-state index is 12.2. The van der Waals surface area contributed by atoms with E-state index in [-0.39, 0.29) is 5.56 Å². The Morgan fingerprint density at radius 3 is 2.64 bits per heavy atom. The zero-order chi connectivity index (χ0) is 17.1. The predicted octanol–water partition coefficient (Wildman–Crippen LogP) is 2.40. The average Bonchev–Trinajstić information content (AvgIpc) is 3.32. The first-order chi connectivity index (χ1) is 12.3. The molecule has 6 heteroatoms. The summed E-state index contributed by atoms with van der Waals surface area (Å²) in [5.41, 5.74) is 0.763. The first-order valence-corrected chi connectivity index (χ1v) is 9.59. The van der Waals surface area contributed by atoms with Crippen LogP contribution >= 0.6 is 0 Å². The number of hydrogen-bond acceptors (Lipinski definition) is 4. The van der Waals surface area contributed by atoms with Gasteiger partial charge in [-0.05, 0) is 69.2 Å². The Labute approximate surface area is 148 Å². The van der Waals surface area contributed by atoms with Crippen LogP contribution in [0.5, 0.6) is 0 Å². The summed E-state index contributed by atoms with van der Waals surface area (Å²) in [6.45, 7) is 3.64. The molecule has 0 amide bonds. The highest BCUT2D eigenvalue weighted by molar-refractivity contribution is 5.24. The Balaban J connectivity index is 1.35. The molecule has 3 heterocycles. The van der Waals surface area contributed by atoms with E-state index >= 15 is 0 Å². The molecule has 1 aliphatic heterocycles. The second-order valence-electron chi connectivity index (χ2n) is 7.63. The number of nitrogens with one attached hydrogen (secondary N) is 1. The number of likely N-dealkylation sites (tertiary alicyclic amines) is 1. The van der Waals surface area contributed by atoms with E-state index in [1.54, 1.807) is 10.9 Å². The molecule has 0 aromatic carbocycles. The summed E-state index contributed by atoms with van der Waals surface area (Å²) in [5.74, 6) is 2.20. The van der Waals surface area contributed by atoms with Crippen LogP contribution in [0.15, 0.2) is 29.3 Å². The van der Waals surface area contributed by atoms with E-state index in [1.165, 1.54) is 58.2 Å². The van der Waals surface area contributed by atoms with Crippen molar-refractivity contribution in [2.24, 2.45) is 11.8 Å². The highest BCUT2D eigenvalue weighted by atomic mass is 16.1. The number of H-pyrrole nitrogens is 1. The molecule has 1 saturated carbocycles. The molecule has 25 heavy (non-hydrogen) atoms. The van der Waals surface area contributed by atoms with Crippen LogP contribution in [0, 0.1) is 11.8 Å². The van der Waals surface area contributed by atoms with E-state index in [0.717, 1.165) is 17.9 Å². The van der Waals surface area contributed by atoms with Crippen molar-refractivity contribution in [2.45, 2.75) is 44.9 Å². The van der Waals surface area contributed by atoms with Gasteiger partial charge >= 0.3 is 0 Å². The number of nitrogens with zero attached hydrogens (tertiary/aromatic N) is 4. The topological polar surface area (TPSA) is 66.8 Å². The van der Waals surface area contributed by atoms with Gasteiger partial charge in [-0.3, -0.25) is 4.79 Å². The molecule has 2 aliphatic rings. The van der Waals surface area contributed by atoms with Crippen LogP contribution in [0.4, 0.5) is 0 Å². The minimum Gasteiger partial charge on any atom is -0.303 e. The van der Waals surface area contributed by atoms with Crippen molar-refractivity contribution in [2.75, 3.05) is 19.6 Å². The maximum atomic E-state index is 12.2. The van der Waals surface area contributed by atoms with Crippen molar-refractivity contribution in [1.82, 2.24) is 24.9 Å². The smallest absolute Gasteiger partial charge is 0.267 e. The zero-order valence-corrected chi connectivity index (χ0v) is 14.7. The molecular weight excluding hydrogens is 314 g/mol. The molecule has 2 fully saturated rings. The highest BCUT2D eigenvalue weighted by Crippen LogP contribution is 2.28. The van der Waals surface area contributed by atoms with Crippen LogP contribution < -0.4 is 5.56 Å². The van der Waals surface area contributed by atoms with Gasteiger partial charge in [0.05, 0.1) is 0 Å². The summed E-state index contributed by atoms with van der Waals surface area (Å²) in [7, 11) is 0. The monoisotopic (exact) mass is 341 g/mol. The molecule has 4 rings (SSSR count). The van der Waals surface area contributed by atoms with Gasteiger partial charge in [0.25, 0.3) is 5.56 Å². The summed E-state index contributed by atoms with van der Waals surface area (Å²) in [6, 6.07) is 3.74. The summed E-state index contributed by atoms with van der Waals surface area (Å²) in [6.07, 6.45) is 12.4. The highest BCUT2D eigenvalue weighted by Gasteiger charge is 2.24. The molecule has 1 aliphatic carbocycles. The third-order valence-electron chi connectivity index (χ3n) is 5.81. The third kappa shape index (κ3) is 4.00. The number of aromatic nitrogens is 4. The van der Waals surface area contributed by atoms with Crippen LogP contribution in [-0.4, -0.2) is 44.5 Å². The molecule has 1 N–H and O–H groups in total. The van der Waals surface area contributed by atoms with Gasteiger partial charge in [0.2, 0.25) is 0 Å².